The summed E-state index contributed by atoms with van der Waals surface area (Å²) >= 11 is 13.9. The Bertz CT molecular complexity index is 1540. The van der Waals surface area contributed by atoms with Gasteiger partial charge in [0.1, 0.15) is 0 Å². The van der Waals surface area contributed by atoms with E-state index in [9.17, 15) is 0 Å². The maximum atomic E-state index is 2.40. The van der Waals surface area contributed by atoms with Gasteiger partial charge in [0.2, 0.25) is 0 Å². The molecule has 7 heterocycles. The van der Waals surface area contributed by atoms with Gasteiger partial charge in [-0.3, -0.25) is 0 Å². The number of rotatable bonds is 0. The smallest absolute Gasteiger partial charge is 0.0908 e. The molecule has 108 valence electrons. The second-order valence-electron chi connectivity index (χ2n) is 5.78. The Morgan fingerprint density at radius 2 is 0.739 bits per heavy atom. The van der Waals surface area contributed by atoms with Gasteiger partial charge in [0.25, 0.3) is 0 Å². The molecule has 0 bridgehead atoms. The monoisotopic (exact) mass is 418 g/mol. The molecule has 0 aliphatic heterocycles. The molecule has 23 heavy (non-hydrogen) atoms. The van der Waals surface area contributed by atoms with E-state index in [2.05, 4.69) is 10.8 Å². The molecule has 0 N–H and O–H groups in total. The van der Waals surface area contributed by atoms with Crippen LogP contribution in [0.4, 0.5) is 0 Å². The molecular formula is C16H2S7. The van der Waals surface area contributed by atoms with E-state index in [1.165, 1.54) is 45.6 Å². The topological polar surface area (TPSA) is 0 Å². The number of hydrogen-bond donors (Lipinski definition) is 0. The van der Waals surface area contributed by atoms with Crippen molar-refractivity contribution in [1.29, 1.82) is 0 Å². The van der Waals surface area contributed by atoms with Crippen LogP contribution >= 0.6 is 79.4 Å². The zero-order chi connectivity index (χ0) is 14.4. The molecule has 0 aliphatic carbocycles. The molecule has 0 unspecified atom stereocenters. The van der Waals surface area contributed by atoms with Crippen LogP contribution in [-0.2, 0) is 0 Å². The Labute approximate surface area is 156 Å². The summed E-state index contributed by atoms with van der Waals surface area (Å²) in [6.07, 6.45) is 0. The van der Waals surface area contributed by atoms with Crippen LogP contribution in [0.1, 0.15) is 0 Å². The minimum atomic E-state index is 1.48. The minimum Gasteiger partial charge on any atom is -0.132 e. The molecule has 0 fully saturated rings. The summed E-state index contributed by atoms with van der Waals surface area (Å²) in [5.41, 5.74) is 0. The molecule has 0 spiro atoms. The molecule has 0 saturated carbocycles. The van der Waals surface area contributed by atoms with Crippen molar-refractivity contribution in [1.82, 2.24) is 0 Å². The van der Waals surface area contributed by atoms with Gasteiger partial charge in [0.05, 0.1) is 24.1 Å². The van der Waals surface area contributed by atoms with E-state index < -0.39 is 0 Å². The number of thiophene rings is 7. The van der Waals surface area contributed by atoms with Crippen LogP contribution in [-0.4, -0.2) is 0 Å². The molecule has 0 aliphatic rings. The summed E-state index contributed by atoms with van der Waals surface area (Å²) < 4.78 is 9.14. The summed E-state index contributed by atoms with van der Waals surface area (Å²) in [5, 5.41) is 17.1. The summed E-state index contributed by atoms with van der Waals surface area (Å²) in [6, 6.07) is 0. The Hall–Kier alpha value is -0.540. The average Bonchev–Trinajstić information content (AvgIpc) is 3.23. The van der Waals surface area contributed by atoms with Crippen LogP contribution in [0.2, 0.25) is 0 Å². The normalized spacial score (nSPS) is 14.1. The third-order valence-corrected chi connectivity index (χ3v) is 13.3. The van der Waals surface area contributed by atoms with Crippen LogP contribution in [0, 0.1) is 0 Å². The van der Waals surface area contributed by atoms with Crippen LogP contribution in [0.5, 0.6) is 0 Å². The van der Waals surface area contributed by atoms with Gasteiger partial charge in [-0.15, -0.1) is 79.4 Å². The first-order chi connectivity index (χ1) is 11.4. The van der Waals surface area contributed by atoms with Gasteiger partial charge in [0.15, 0.2) is 0 Å². The van der Waals surface area contributed by atoms with Crippen LogP contribution < -0.4 is 0 Å². The highest BCUT2D eigenvalue weighted by Crippen LogP contribution is 2.60. The van der Waals surface area contributed by atoms with Gasteiger partial charge in [-0.25, -0.2) is 0 Å². The van der Waals surface area contributed by atoms with E-state index in [0.717, 1.165) is 0 Å². The van der Waals surface area contributed by atoms with Gasteiger partial charge in [0, 0.05) is 53.8 Å². The first-order valence-corrected chi connectivity index (χ1v) is 12.8. The van der Waals surface area contributed by atoms with Crippen LogP contribution in [0.15, 0.2) is 10.8 Å². The predicted molar refractivity (Wildman–Crippen MR) is 116 cm³/mol. The molecular weight excluding hydrogens is 417 g/mol. The van der Waals surface area contributed by atoms with E-state index in [0.29, 0.717) is 0 Å². The lowest BCUT2D eigenvalue weighted by molar-refractivity contribution is 2.27. The summed E-state index contributed by atoms with van der Waals surface area (Å²) in [7, 11) is 0. The van der Waals surface area contributed by atoms with Crippen LogP contribution in [0.3, 0.4) is 0 Å². The second-order valence-corrected chi connectivity index (χ2v) is 14.2. The van der Waals surface area contributed by atoms with Gasteiger partial charge in [-0.1, -0.05) is 0 Å². The summed E-state index contributed by atoms with van der Waals surface area (Å²) in [4.78, 5) is 0. The number of hydrogen-bond acceptors (Lipinski definition) is 7. The Morgan fingerprint density at radius 1 is 0.391 bits per heavy atom. The quantitative estimate of drug-likeness (QED) is 0.230. The second kappa shape index (κ2) is 3.53. The molecule has 0 radical (unpaired) electrons. The third-order valence-electron chi connectivity index (χ3n) is 4.80. The van der Waals surface area contributed by atoms with Crippen molar-refractivity contribution in [3.8, 4) is 0 Å². The van der Waals surface area contributed by atoms with Crippen molar-refractivity contribution >= 4 is 147 Å². The fraction of sp³-hybridized carbons (Fsp3) is 0. The van der Waals surface area contributed by atoms with Gasteiger partial charge in [-0.2, -0.15) is 0 Å². The maximum Gasteiger partial charge on any atom is 0.0908 e. The molecule has 0 atom stereocenters. The van der Waals surface area contributed by atoms with Gasteiger partial charge >= 0.3 is 0 Å². The molecule has 8 aromatic rings. The van der Waals surface area contributed by atoms with Crippen molar-refractivity contribution in [3.63, 3.8) is 0 Å². The van der Waals surface area contributed by atoms with E-state index in [4.69, 9.17) is 0 Å². The highest BCUT2D eigenvalue weighted by molar-refractivity contribution is 7.60. The first-order valence-electron chi connectivity index (χ1n) is 7.00. The van der Waals surface area contributed by atoms with E-state index >= 15 is 0 Å². The standard InChI is InChI=1S/C16H2S7/c1-3-4-2-18-12-6(4)8-10-9-7-5(3)11(17-1)19-13(7)21-15(9)23-16(10)22-14(8)20-12/h1-2H. The molecule has 7 aromatic heterocycles. The summed E-state index contributed by atoms with van der Waals surface area (Å²) in [5.74, 6) is 0. The Balaban J connectivity index is 2.04. The van der Waals surface area contributed by atoms with E-state index in [1.807, 2.05) is 79.4 Å². The minimum absolute atomic E-state index is 1.48. The Morgan fingerprint density at radius 3 is 1.17 bits per heavy atom. The molecule has 8 rings (SSSR count). The highest BCUT2D eigenvalue weighted by Gasteiger charge is 2.26. The highest BCUT2D eigenvalue weighted by atomic mass is 32.2. The van der Waals surface area contributed by atoms with Crippen molar-refractivity contribution < 1.29 is 0 Å². The largest absolute Gasteiger partial charge is 0.132 e. The van der Waals surface area contributed by atoms with E-state index in [-0.39, 0.29) is 0 Å². The zero-order valence-corrected chi connectivity index (χ0v) is 16.7. The summed E-state index contributed by atoms with van der Waals surface area (Å²) in [6.45, 7) is 0. The fourth-order valence-electron chi connectivity index (χ4n) is 3.93. The van der Waals surface area contributed by atoms with Crippen molar-refractivity contribution in [3.05, 3.63) is 10.8 Å². The lowest BCUT2D eigenvalue weighted by Crippen LogP contribution is -1.68. The lowest BCUT2D eigenvalue weighted by Gasteiger charge is -1.95. The maximum absolute atomic E-state index is 2.40. The SMILES string of the molecule is c1sc2sc3sc4sc5sc6sc7scc8c1c2c3c4c5c6c78. The molecule has 0 saturated heterocycles. The third kappa shape index (κ3) is 1.11. The predicted octanol–water partition coefficient (Wildman–Crippen LogP) is 9.07. The first kappa shape index (κ1) is 11.9. The average molecular weight is 419 g/mol. The van der Waals surface area contributed by atoms with Crippen molar-refractivity contribution in [2.75, 3.05) is 0 Å². The molecule has 0 nitrogen and oxygen atoms in total. The fourth-order valence-corrected chi connectivity index (χ4v) is 14.1. The molecule has 0 amide bonds. The number of fused-ring (bicyclic) bond motifs is 1. The molecule has 1 aromatic carbocycles. The van der Waals surface area contributed by atoms with Crippen molar-refractivity contribution in [2.45, 2.75) is 0 Å². The lowest BCUT2D eigenvalue weighted by atomic mass is 10.0. The van der Waals surface area contributed by atoms with Gasteiger partial charge in [-0.05, 0) is 0 Å². The molecule has 7 heteroatoms. The Kier molecular flexibility index (Phi) is 1.83. The zero-order valence-electron chi connectivity index (χ0n) is 11.0. The van der Waals surface area contributed by atoms with E-state index in [1.54, 1.807) is 21.5 Å². The van der Waals surface area contributed by atoms with Gasteiger partial charge < -0.3 is 0 Å². The van der Waals surface area contributed by atoms with Crippen molar-refractivity contribution in [2.24, 2.45) is 0 Å². The van der Waals surface area contributed by atoms with Crippen LogP contribution in [0.25, 0.3) is 67.2 Å².